The van der Waals surface area contributed by atoms with E-state index in [2.05, 4.69) is 15.0 Å². The molecule has 3 aromatic rings. The maximum Gasteiger partial charge on any atom is 0.261 e. The van der Waals surface area contributed by atoms with E-state index in [-0.39, 0.29) is 4.90 Å². The van der Waals surface area contributed by atoms with Gasteiger partial charge in [0.25, 0.3) is 10.0 Å². The Morgan fingerprint density at radius 1 is 1.07 bits per heavy atom. The van der Waals surface area contributed by atoms with Crippen LogP contribution in [-0.4, -0.2) is 44.6 Å². The van der Waals surface area contributed by atoms with Gasteiger partial charge in [0.2, 0.25) is 0 Å². The third-order valence-corrected chi connectivity index (χ3v) is 7.09. The van der Waals surface area contributed by atoms with Crippen LogP contribution in [0.2, 0.25) is 0 Å². The number of nitrogens with one attached hydrogen (secondary N) is 1. The van der Waals surface area contributed by atoms with Crippen LogP contribution < -0.4 is 4.72 Å². The van der Waals surface area contributed by atoms with Crippen LogP contribution in [0.5, 0.6) is 0 Å². The molecule has 0 saturated carbocycles. The van der Waals surface area contributed by atoms with Crippen molar-refractivity contribution in [2.24, 2.45) is 0 Å². The van der Waals surface area contributed by atoms with Crippen molar-refractivity contribution < 1.29 is 13.2 Å². The number of ether oxygens (including phenoxy) is 1. The molecule has 4 rings (SSSR count). The van der Waals surface area contributed by atoms with E-state index in [0.29, 0.717) is 5.69 Å². The molecule has 2 aromatic carbocycles. The van der Waals surface area contributed by atoms with Gasteiger partial charge in [0.1, 0.15) is 5.01 Å². The average molecular weight is 430 g/mol. The first-order chi connectivity index (χ1) is 14.0. The fraction of sp³-hybridized carbons (Fsp3) is 0.286. The number of aryl methyl sites for hydroxylation is 1. The maximum atomic E-state index is 12.5. The zero-order valence-corrected chi connectivity index (χ0v) is 17.8. The van der Waals surface area contributed by atoms with Crippen molar-refractivity contribution in [3.05, 3.63) is 65.2 Å². The Labute approximate surface area is 175 Å². The lowest BCUT2D eigenvalue weighted by Gasteiger charge is -2.25. The van der Waals surface area contributed by atoms with Crippen LogP contribution >= 0.6 is 11.3 Å². The molecule has 1 fully saturated rings. The smallest absolute Gasteiger partial charge is 0.261 e. The van der Waals surface area contributed by atoms with Gasteiger partial charge in [0, 0.05) is 36.3 Å². The summed E-state index contributed by atoms with van der Waals surface area (Å²) in [6.07, 6.45) is 0. The Balaban J connectivity index is 1.43. The van der Waals surface area contributed by atoms with Gasteiger partial charge in [0.05, 0.1) is 23.8 Å². The molecule has 0 atom stereocenters. The molecule has 29 heavy (non-hydrogen) atoms. The molecule has 8 heteroatoms. The number of morpholine rings is 1. The molecule has 1 saturated heterocycles. The molecule has 0 spiro atoms. The first kappa shape index (κ1) is 20.0. The van der Waals surface area contributed by atoms with E-state index in [1.807, 2.05) is 19.1 Å². The van der Waals surface area contributed by atoms with Crippen molar-refractivity contribution in [2.75, 3.05) is 31.0 Å². The van der Waals surface area contributed by atoms with E-state index >= 15 is 0 Å². The first-order valence-corrected chi connectivity index (χ1v) is 11.8. The van der Waals surface area contributed by atoms with Crippen LogP contribution in [0.3, 0.4) is 0 Å². The molecular weight excluding hydrogens is 406 g/mol. The quantitative estimate of drug-likeness (QED) is 0.646. The lowest BCUT2D eigenvalue weighted by atomic mass is 10.2. The Morgan fingerprint density at radius 3 is 2.45 bits per heavy atom. The van der Waals surface area contributed by atoms with Gasteiger partial charge in [-0.25, -0.2) is 13.4 Å². The van der Waals surface area contributed by atoms with Gasteiger partial charge < -0.3 is 4.74 Å². The summed E-state index contributed by atoms with van der Waals surface area (Å²) in [4.78, 5) is 7.32. The lowest BCUT2D eigenvalue weighted by Crippen LogP contribution is -2.35. The van der Waals surface area contributed by atoms with Crippen molar-refractivity contribution >= 4 is 27.0 Å². The normalized spacial score (nSPS) is 15.3. The predicted octanol–water partition coefficient (Wildman–Crippen LogP) is 3.75. The van der Waals surface area contributed by atoms with Gasteiger partial charge in [-0.1, -0.05) is 17.7 Å². The molecule has 1 N–H and O–H groups in total. The third kappa shape index (κ3) is 5.02. The summed E-state index contributed by atoms with van der Waals surface area (Å²) < 4.78 is 33.1. The summed E-state index contributed by atoms with van der Waals surface area (Å²) in [5.74, 6) is 0. The average Bonchev–Trinajstić information content (AvgIpc) is 3.18. The number of thiazole rings is 1. The molecule has 6 nitrogen and oxygen atoms in total. The van der Waals surface area contributed by atoms with Crippen LogP contribution in [0.15, 0.2) is 58.8 Å². The van der Waals surface area contributed by atoms with Gasteiger partial charge >= 0.3 is 0 Å². The zero-order chi connectivity index (χ0) is 20.3. The van der Waals surface area contributed by atoms with E-state index in [4.69, 9.17) is 9.72 Å². The number of anilines is 1. The highest BCUT2D eigenvalue weighted by Crippen LogP contribution is 2.26. The van der Waals surface area contributed by atoms with Crippen molar-refractivity contribution in [3.8, 4) is 10.6 Å². The summed E-state index contributed by atoms with van der Waals surface area (Å²) in [7, 11) is -3.60. The molecule has 0 radical (unpaired) electrons. The summed E-state index contributed by atoms with van der Waals surface area (Å²) in [5, 5.41) is 3.01. The number of hydrogen-bond acceptors (Lipinski definition) is 6. The minimum atomic E-state index is -3.60. The summed E-state index contributed by atoms with van der Waals surface area (Å²) in [6.45, 7) is 6.17. The van der Waals surface area contributed by atoms with E-state index in [1.165, 1.54) is 0 Å². The largest absolute Gasteiger partial charge is 0.379 e. The molecule has 0 unspecified atom stereocenters. The van der Waals surface area contributed by atoms with E-state index < -0.39 is 10.0 Å². The highest BCUT2D eigenvalue weighted by Gasteiger charge is 2.15. The van der Waals surface area contributed by atoms with Gasteiger partial charge in [-0.05, 0) is 43.3 Å². The summed E-state index contributed by atoms with van der Waals surface area (Å²) in [5.41, 5.74) is 3.57. The van der Waals surface area contributed by atoms with Gasteiger partial charge in [-0.3, -0.25) is 9.62 Å². The molecular formula is C21H23N3O3S2. The Kier molecular flexibility index (Phi) is 5.96. The van der Waals surface area contributed by atoms with Crippen LogP contribution in [0.1, 0.15) is 11.3 Å². The van der Waals surface area contributed by atoms with Crippen LogP contribution in [0.25, 0.3) is 10.6 Å². The standard InChI is InChI=1S/C21H23N3O3S2/c1-16-2-8-20(9-3-16)29(25,26)23-18-6-4-17(5-7-18)21-22-19(15-28-21)14-24-10-12-27-13-11-24/h2-9,15,23H,10-14H2,1H3. The van der Waals surface area contributed by atoms with E-state index in [1.54, 1.807) is 47.7 Å². The fourth-order valence-corrected chi connectivity index (χ4v) is 4.99. The minimum absolute atomic E-state index is 0.250. The molecule has 1 aliphatic heterocycles. The Hall–Kier alpha value is -2.26. The maximum absolute atomic E-state index is 12.5. The first-order valence-electron chi connectivity index (χ1n) is 9.44. The topological polar surface area (TPSA) is 71.5 Å². The number of rotatable bonds is 6. The summed E-state index contributed by atoms with van der Waals surface area (Å²) >= 11 is 1.60. The number of nitrogens with zero attached hydrogens (tertiary/aromatic N) is 2. The van der Waals surface area contributed by atoms with E-state index in [9.17, 15) is 8.42 Å². The molecule has 152 valence electrons. The third-order valence-electron chi connectivity index (χ3n) is 4.76. The molecule has 0 bridgehead atoms. The van der Waals surface area contributed by atoms with Crippen molar-refractivity contribution in [1.29, 1.82) is 0 Å². The van der Waals surface area contributed by atoms with Gasteiger partial charge in [0.15, 0.2) is 0 Å². The second kappa shape index (κ2) is 8.62. The minimum Gasteiger partial charge on any atom is -0.379 e. The molecule has 0 amide bonds. The molecule has 1 aliphatic rings. The predicted molar refractivity (Wildman–Crippen MR) is 116 cm³/mol. The Morgan fingerprint density at radius 2 is 1.76 bits per heavy atom. The number of sulfonamides is 1. The van der Waals surface area contributed by atoms with Crippen molar-refractivity contribution in [2.45, 2.75) is 18.4 Å². The molecule has 2 heterocycles. The van der Waals surface area contributed by atoms with Crippen LogP contribution in [-0.2, 0) is 21.3 Å². The molecule has 1 aromatic heterocycles. The van der Waals surface area contributed by atoms with Gasteiger partial charge in [-0.2, -0.15) is 0 Å². The lowest BCUT2D eigenvalue weighted by molar-refractivity contribution is 0.0337. The van der Waals surface area contributed by atoms with Crippen LogP contribution in [0, 0.1) is 6.92 Å². The van der Waals surface area contributed by atoms with E-state index in [0.717, 1.165) is 54.7 Å². The second-order valence-electron chi connectivity index (χ2n) is 7.03. The zero-order valence-electron chi connectivity index (χ0n) is 16.2. The number of aromatic nitrogens is 1. The van der Waals surface area contributed by atoms with Crippen molar-refractivity contribution in [1.82, 2.24) is 9.88 Å². The van der Waals surface area contributed by atoms with Crippen molar-refractivity contribution in [3.63, 3.8) is 0 Å². The summed E-state index contributed by atoms with van der Waals surface area (Å²) in [6, 6.07) is 14.1. The molecule has 0 aliphatic carbocycles. The fourth-order valence-electron chi connectivity index (χ4n) is 3.11. The number of hydrogen-bond donors (Lipinski definition) is 1. The number of benzene rings is 2. The Bertz CT molecular complexity index is 1060. The van der Waals surface area contributed by atoms with Gasteiger partial charge in [-0.15, -0.1) is 11.3 Å². The van der Waals surface area contributed by atoms with Crippen LogP contribution in [0.4, 0.5) is 5.69 Å². The monoisotopic (exact) mass is 429 g/mol. The highest BCUT2D eigenvalue weighted by molar-refractivity contribution is 7.92. The SMILES string of the molecule is Cc1ccc(S(=O)(=O)Nc2ccc(-c3nc(CN4CCOCC4)cs3)cc2)cc1. The highest BCUT2D eigenvalue weighted by atomic mass is 32.2. The second-order valence-corrected chi connectivity index (χ2v) is 9.57.